The van der Waals surface area contributed by atoms with E-state index in [2.05, 4.69) is 55.3 Å². The average molecular weight is 426 g/mol. The zero-order chi connectivity index (χ0) is 20.3. The Hall–Kier alpha value is -2.29. The Balaban J connectivity index is 1.16. The number of hydrogen-bond acceptors (Lipinski definition) is 6. The number of amides is 1. The van der Waals surface area contributed by atoms with Crippen LogP contribution in [0.2, 0.25) is 0 Å². The van der Waals surface area contributed by atoms with Gasteiger partial charge in [0, 0.05) is 61.7 Å². The number of benzene rings is 1. The molecule has 0 spiro atoms. The Bertz CT molecular complexity index is 991. The summed E-state index contributed by atoms with van der Waals surface area (Å²) in [5.41, 5.74) is 0. The van der Waals surface area contributed by atoms with Crippen LogP contribution in [-0.4, -0.2) is 57.9 Å². The van der Waals surface area contributed by atoms with Gasteiger partial charge in [-0.15, -0.1) is 21.5 Å². The molecule has 158 valence electrons. The molecule has 5 rings (SSSR count). The summed E-state index contributed by atoms with van der Waals surface area (Å²) in [4.78, 5) is 16.0. The summed E-state index contributed by atoms with van der Waals surface area (Å²) in [7, 11) is 0. The second kappa shape index (κ2) is 8.83. The summed E-state index contributed by atoms with van der Waals surface area (Å²) >= 11 is 1.88. The second-order valence-corrected chi connectivity index (χ2v) is 9.17. The number of nitrogens with one attached hydrogen (secondary N) is 1. The van der Waals surface area contributed by atoms with Gasteiger partial charge in [-0.3, -0.25) is 9.69 Å². The quantitative estimate of drug-likeness (QED) is 0.657. The van der Waals surface area contributed by atoms with Gasteiger partial charge in [0.25, 0.3) is 0 Å². The van der Waals surface area contributed by atoms with E-state index in [1.807, 2.05) is 11.3 Å². The molecule has 1 fully saturated rings. The summed E-state index contributed by atoms with van der Waals surface area (Å²) in [6.45, 7) is 5.10. The van der Waals surface area contributed by atoms with Gasteiger partial charge in [0.05, 0.1) is 0 Å². The maximum Gasteiger partial charge on any atom is 0.249 e. The molecule has 2 aliphatic heterocycles. The zero-order valence-corrected chi connectivity index (χ0v) is 17.9. The zero-order valence-electron chi connectivity index (χ0n) is 17.0. The monoisotopic (exact) mass is 425 g/mol. The van der Waals surface area contributed by atoms with E-state index < -0.39 is 0 Å². The molecule has 0 radical (unpaired) electrons. The molecule has 0 unspecified atom stereocenters. The van der Waals surface area contributed by atoms with E-state index in [0.717, 1.165) is 57.1 Å². The number of carbonyl (C=O) groups is 1. The smallest absolute Gasteiger partial charge is 0.249 e. The van der Waals surface area contributed by atoms with Crippen LogP contribution in [0, 0.1) is 0 Å². The van der Waals surface area contributed by atoms with Crippen molar-refractivity contribution in [3.8, 4) is 0 Å². The summed E-state index contributed by atoms with van der Waals surface area (Å²) in [5.74, 6) is 2.01. The molecule has 1 amide bonds. The maximum atomic E-state index is 12.1. The van der Waals surface area contributed by atoms with Crippen LogP contribution in [-0.2, 0) is 35.5 Å². The Labute approximate surface area is 180 Å². The highest BCUT2D eigenvalue weighted by Crippen LogP contribution is 2.26. The molecular weight excluding hydrogens is 398 g/mol. The average Bonchev–Trinajstić information content (AvgIpc) is 3.47. The number of carbonyl (C=O) groups excluding carboxylic acids is 1. The molecule has 1 aromatic carbocycles. The lowest BCUT2D eigenvalue weighted by Gasteiger charge is -2.18. The molecule has 4 heterocycles. The fourth-order valence-electron chi connectivity index (χ4n) is 4.30. The van der Waals surface area contributed by atoms with E-state index >= 15 is 0 Å². The lowest BCUT2D eigenvalue weighted by Crippen LogP contribution is -2.35. The largest absolute Gasteiger partial charge is 0.368 e. The number of ether oxygens (including phenoxy) is 1. The van der Waals surface area contributed by atoms with Crippen molar-refractivity contribution in [3.63, 3.8) is 0 Å². The first kappa shape index (κ1) is 19.7. The van der Waals surface area contributed by atoms with Crippen molar-refractivity contribution in [1.29, 1.82) is 0 Å². The summed E-state index contributed by atoms with van der Waals surface area (Å²) < 4.78 is 9.03. The first-order valence-corrected chi connectivity index (χ1v) is 11.6. The van der Waals surface area contributed by atoms with Crippen LogP contribution in [0.3, 0.4) is 0 Å². The molecule has 2 aliphatic rings. The first-order valence-electron chi connectivity index (χ1n) is 10.8. The summed E-state index contributed by atoms with van der Waals surface area (Å²) in [5, 5.41) is 13.1. The molecule has 1 atom stereocenters. The minimum atomic E-state index is -0.275. The van der Waals surface area contributed by atoms with Gasteiger partial charge in [0.2, 0.25) is 5.91 Å². The predicted octanol–water partition coefficient (Wildman–Crippen LogP) is 2.39. The van der Waals surface area contributed by atoms with Gasteiger partial charge in [0.15, 0.2) is 0 Å². The van der Waals surface area contributed by atoms with Gasteiger partial charge < -0.3 is 14.6 Å². The van der Waals surface area contributed by atoms with Crippen molar-refractivity contribution in [1.82, 2.24) is 25.0 Å². The van der Waals surface area contributed by atoms with Crippen molar-refractivity contribution in [2.45, 2.75) is 44.9 Å². The van der Waals surface area contributed by atoms with Crippen molar-refractivity contribution < 1.29 is 9.53 Å². The Morgan fingerprint density at radius 2 is 2.17 bits per heavy atom. The molecule has 1 saturated heterocycles. The van der Waals surface area contributed by atoms with Crippen molar-refractivity contribution in [3.05, 3.63) is 46.9 Å². The second-order valence-electron chi connectivity index (χ2n) is 8.00. The van der Waals surface area contributed by atoms with Gasteiger partial charge in [-0.05, 0) is 30.4 Å². The lowest BCUT2D eigenvalue weighted by molar-refractivity contribution is -0.130. The fourth-order valence-corrected chi connectivity index (χ4v) is 5.41. The molecule has 8 heteroatoms. The Morgan fingerprint density at radius 3 is 3.03 bits per heavy atom. The third-order valence-electron chi connectivity index (χ3n) is 5.92. The summed E-state index contributed by atoms with van der Waals surface area (Å²) in [6, 6.07) is 10.9. The Kier molecular flexibility index (Phi) is 5.79. The van der Waals surface area contributed by atoms with Crippen LogP contribution in [0.1, 0.15) is 29.4 Å². The molecule has 7 nitrogen and oxygen atoms in total. The standard InChI is InChI=1S/C22H27N5O2S/c28-22(18-5-3-13-29-18)23-9-7-20-24-25-21-8-10-26(11-12-27(20)21)15-17-14-16-4-1-2-6-19(16)30-17/h1-2,4,6,14,18H,3,5,7-13,15H2,(H,23,28)/t18-/m0/s1. The van der Waals surface area contributed by atoms with Crippen LogP contribution < -0.4 is 5.32 Å². The third-order valence-corrected chi connectivity index (χ3v) is 7.02. The van der Waals surface area contributed by atoms with Gasteiger partial charge in [-0.1, -0.05) is 18.2 Å². The number of nitrogens with zero attached hydrogens (tertiary/aromatic N) is 4. The molecule has 1 N–H and O–H groups in total. The van der Waals surface area contributed by atoms with E-state index in [-0.39, 0.29) is 12.0 Å². The number of aromatic nitrogens is 3. The number of hydrogen-bond donors (Lipinski definition) is 1. The van der Waals surface area contributed by atoms with Crippen molar-refractivity contribution in [2.24, 2.45) is 0 Å². The normalized spacial score (nSPS) is 19.7. The highest BCUT2D eigenvalue weighted by atomic mass is 32.1. The SMILES string of the molecule is O=C(NCCc1nnc2n1CCN(Cc1cc3ccccc3s1)CC2)[C@@H]1CCCO1. The molecule has 30 heavy (non-hydrogen) atoms. The molecule has 0 saturated carbocycles. The Morgan fingerprint density at radius 1 is 1.23 bits per heavy atom. The minimum Gasteiger partial charge on any atom is -0.368 e. The molecule has 0 aliphatic carbocycles. The minimum absolute atomic E-state index is 0.00221. The maximum absolute atomic E-state index is 12.1. The van der Waals surface area contributed by atoms with Crippen LogP contribution in [0.25, 0.3) is 10.1 Å². The van der Waals surface area contributed by atoms with Gasteiger partial charge >= 0.3 is 0 Å². The van der Waals surface area contributed by atoms with Gasteiger partial charge in [-0.25, -0.2) is 0 Å². The number of rotatable bonds is 6. The van der Waals surface area contributed by atoms with Crippen LogP contribution in [0.5, 0.6) is 0 Å². The highest BCUT2D eigenvalue weighted by molar-refractivity contribution is 7.19. The lowest BCUT2D eigenvalue weighted by atomic mass is 10.2. The fraction of sp³-hybridized carbons (Fsp3) is 0.500. The molecule has 3 aromatic rings. The number of thiophene rings is 1. The van der Waals surface area contributed by atoms with E-state index in [1.165, 1.54) is 15.0 Å². The van der Waals surface area contributed by atoms with Crippen LogP contribution in [0.15, 0.2) is 30.3 Å². The van der Waals surface area contributed by atoms with Crippen molar-refractivity contribution in [2.75, 3.05) is 26.2 Å². The molecule has 0 bridgehead atoms. The topological polar surface area (TPSA) is 72.3 Å². The predicted molar refractivity (Wildman–Crippen MR) is 117 cm³/mol. The van der Waals surface area contributed by atoms with Crippen molar-refractivity contribution >= 4 is 27.3 Å². The molecule has 2 aromatic heterocycles. The first-order chi connectivity index (χ1) is 14.8. The number of fused-ring (bicyclic) bond motifs is 2. The third kappa shape index (κ3) is 4.26. The van der Waals surface area contributed by atoms with Crippen LogP contribution >= 0.6 is 11.3 Å². The van der Waals surface area contributed by atoms with Gasteiger partial charge in [-0.2, -0.15) is 0 Å². The molecular formula is C22H27N5O2S. The van der Waals surface area contributed by atoms with Gasteiger partial charge in [0.1, 0.15) is 17.8 Å². The summed E-state index contributed by atoms with van der Waals surface area (Å²) in [6.07, 6.45) is 3.11. The van der Waals surface area contributed by atoms with E-state index in [1.54, 1.807) is 0 Å². The van der Waals surface area contributed by atoms with E-state index in [9.17, 15) is 4.79 Å². The highest BCUT2D eigenvalue weighted by Gasteiger charge is 2.24. The van der Waals surface area contributed by atoms with E-state index in [4.69, 9.17) is 4.74 Å². The van der Waals surface area contributed by atoms with Crippen LogP contribution in [0.4, 0.5) is 0 Å². The van der Waals surface area contributed by atoms with E-state index in [0.29, 0.717) is 19.6 Å².